The summed E-state index contributed by atoms with van der Waals surface area (Å²) in [4.78, 5) is 12.1. The summed E-state index contributed by atoms with van der Waals surface area (Å²) in [6.45, 7) is 3.43. The van der Waals surface area contributed by atoms with Gasteiger partial charge >= 0.3 is 0 Å². The van der Waals surface area contributed by atoms with E-state index in [1.165, 1.54) is 0 Å². The molecule has 0 saturated heterocycles. The molecule has 22 heavy (non-hydrogen) atoms. The summed E-state index contributed by atoms with van der Waals surface area (Å²) < 4.78 is 5.61. The number of halogens is 3. The van der Waals surface area contributed by atoms with Crippen LogP contribution in [-0.2, 0) is 4.79 Å². The molecule has 1 amide bonds. The maximum atomic E-state index is 12.1. The first kappa shape index (κ1) is 16.9. The molecule has 2 aromatic rings. The van der Waals surface area contributed by atoms with E-state index in [-0.39, 0.29) is 5.91 Å². The lowest BCUT2D eigenvalue weighted by molar-refractivity contribution is -0.122. The van der Waals surface area contributed by atoms with E-state index in [1.54, 1.807) is 50.2 Å². The van der Waals surface area contributed by atoms with Gasteiger partial charge in [0.25, 0.3) is 5.91 Å². The fraction of sp³-hybridized carbons (Fsp3) is 0.188. The molecule has 2 aromatic carbocycles. The number of benzene rings is 2. The molecule has 6 heteroatoms. The maximum absolute atomic E-state index is 12.1. The third kappa shape index (κ3) is 4.07. The lowest BCUT2D eigenvalue weighted by Crippen LogP contribution is -2.30. The van der Waals surface area contributed by atoms with Gasteiger partial charge in [0.05, 0.1) is 5.02 Å². The zero-order chi connectivity index (χ0) is 16.3. The molecular weight excluding hydrogens is 345 g/mol. The highest BCUT2D eigenvalue weighted by Gasteiger charge is 2.17. The van der Waals surface area contributed by atoms with Crippen LogP contribution < -0.4 is 10.1 Å². The van der Waals surface area contributed by atoms with Gasteiger partial charge in [0.2, 0.25) is 0 Å². The van der Waals surface area contributed by atoms with Crippen molar-refractivity contribution in [1.82, 2.24) is 0 Å². The van der Waals surface area contributed by atoms with E-state index in [4.69, 9.17) is 39.5 Å². The Morgan fingerprint density at radius 2 is 1.73 bits per heavy atom. The van der Waals surface area contributed by atoms with Crippen LogP contribution in [0.3, 0.4) is 0 Å². The summed E-state index contributed by atoms with van der Waals surface area (Å²) >= 11 is 17.9. The van der Waals surface area contributed by atoms with Crippen molar-refractivity contribution >= 4 is 46.4 Å². The van der Waals surface area contributed by atoms with Crippen LogP contribution in [0.25, 0.3) is 0 Å². The fourth-order valence-corrected chi connectivity index (χ4v) is 2.29. The van der Waals surface area contributed by atoms with Gasteiger partial charge in [-0.25, -0.2) is 0 Å². The third-order valence-corrected chi connectivity index (χ3v) is 4.20. The van der Waals surface area contributed by atoms with Gasteiger partial charge in [-0.1, -0.05) is 34.8 Å². The Balaban J connectivity index is 2.05. The molecule has 3 nitrogen and oxygen atoms in total. The molecule has 0 fully saturated rings. The predicted octanol–water partition coefficient (Wildman–Crippen LogP) is 5.36. The van der Waals surface area contributed by atoms with Gasteiger partial charge in [-0.2, -0.15) is 0 Å². The van der Waals surface area contributed by atoms with Gasteiger partial charge in [0.1, 0.15) is 5.75 Å². The van der Waals surface area contributed by atoms with E-state index in [2.05, 4.69) is 5.32 Å². The van der Waals surface area contributed by atoms with Crippen molar-refractivity contribution in [2.45, 2.75) is 20.0 Å². The van der Waals surface area contributed by atoms with Crippen LogP contribution in [0.15, 0.2) is 36.4 Å². The quantitative estimate of drug-likeness (QED) is 0.799. The molecule has 0 aromatic heterocycles. The minimum absolute atomic E-state index is 0.286. The largest absolute Gasteiger partial charge is 0.479 e. The van der Waals surface area contributed by atoms with Crippen LogP contribution in [-0.4, -0.2) is 12.0 Å². The Morgan fingerprint density at radius 3 is 2.36 bits per heavy atom. The Hall–Kier alpha value is -1.42. The Bertz CT molecular complexity index is 687. The summed E-state index contributed by atoms with van der Waals surface area (Å²) in [5.41, 5.74) is 1.36. The van der Waals surface area contributed by atoms with Crippen LogP contribution in [0.2, 0.25) is 15.1 Å². The number of hydrogen-bond acceptors (Lipinski definition) is 2. The lowest BCUT2D eigenvalue weighted by atomic mass is 10.2. The lowest BCUT2D eigenvalue weighted by Gasteiger charge is -2.17. The van der Waals surface area contributed by atoms with Crippen LogP contribution >= 0.6 is 34.8 Å². The molecule has 0 aliphatic carbocycles. The number of amides is 1. The molecule has 0 aliphatic rings. The third-order valence-electron chi connectivity index (χ3n) is 3.07. The Morgan fingerprint density at radius 1 is 1.09 bits per heavy atom. The normalized spacial score (nSPS) is 11.9. The number of anilines is 1. The second-order valence-electron chi connectivity index (χ2n) is 4.74. The number of carbonyl (C=O) groups excluding carboxylic acids is 1. The van der Waals surface area contributed by atoms with Crippen LogP contribution in [0, 0.1) is 6.92 Å². The number of nitrogens with one attached hydrogen (secondary N) is 1. The molecule has 1 unspecified atom stereocenters. The van der Waals surface area contributed by atoms with Gasteiger partial charge in [-0.15, -0.1) is 0 Å². The van der Waals surface area contributed by atoms with Crippen molar-refractivity contribution < 1.29 is 9.53 Å². The van der Waals surface area contributed by atoms with Gasteiger partial charge in [-0.05, 0) is 55.8 Å². The van der Waals surface area contributed by atoms with Crippen molar-refractivity contribution in [2.24, 2.45) is 0 Å². The molecule has 0 heterocycles. The zero-order valence-corrected chi connectivity index (χ0v) is 14.3. The monoisotopic (exact) mass is 357 g/mol. The summed E-state index contributed by atoms with van der Waals surface area (Å²) in [6, 6.07) is 10.1. The van der Waals surface area contributed by atoms with E-state index in [0.29, 0.717) is 32.1 Å². The van der Waals surface area contributed by atoms with E-state index >= 15 is 0 Å². The van der Waals surface area contributed by atoms with Crippen LogP contribution in [0.5, 0.6) is 5.75 Å². The number of carbonyl (C=O) groups is 1. The first-order valence-electron chi connectivity index (χ1n) is 6.56. The second-order valence-corrected chi connectivity index (χ2v) is 5.96. The standard InChI is InChI=1S/C16H14Cl3NO2/c1-9-13(18)7-8-14(15(9)19)22-10(2)16(21)20-12-5-3-11(17)4-6-12/h3-8,10H,1-2H3,(H,20,21). The highest BCUT2D eigenvalue weighted by atomic mass is 35.5. The van der Waals surface area contributed by atoms with Gasteiger partial charge in [-0.3, -0.25) is 4.79 Å². The number of ether oxygens (including phenoxy) is 1. The van der Waals surface area contributed by atoms with E-state index in [9.17, 15) is 4.79 Å². The van der Waals surface area contributed by atoms with Crippen LogP contribution in [0.4, 0.5) is 5.69 Å². The molecule has 0 bridgehead atoms. The van der Waals surface area contributed by atoms with Gasteiger partial charge in [0, 0.05) is 15.7 Å². The molecule has 1 N–H and O–H groups in total. The molecule has 0 spiro atoms. The average Bonchev–Trinajstić information content (AvgIpc) is 2.50. The summed E-state index contributed by atoms with van der Waals surface area (Å²) in [6.07, 6.45) is -0.714. The first-order chi connectivity index (χ1) is 10.4. The van der Waals surface area contributed by atoms with Crippen LogP contribution in [0.1, 0.15) is 12.5 Å². The van der Waals surface area contributed by atoms with Crippen molar-refractivity contribution in [3.63, 3.8) is 0 Å². The Labute approximate surface area is 144 Å². The molecule has 116 valence electrons. The van der Waals surface area contributed by atoms with E-state index < -0.39 is 6.10 Å². The highest BCUT2D eigenvalue weighted by molar-refractivity contribution is 6.36. The fourth-order valence-electron chi connectivity index (χ4n) is 1.75. The molecule has 1 atom stereocenters. The number of rotatable bonds is 4. The average molecular weight is 359 g/mol. The van der Waals surface area contributed by atoms with E-state index in [0.717, 1.165) is 0 Å². The summed E-state index contributed by atoms with van der Waals surface area (Å²) in [5.74, 6) is 0.133. The van der Waals surface area contributed by atoms with Gasteiger partial charge < -0.3 is 10.1 Å². The van der Waals surface area contributed by atoms with E-state index in [1.807, 2.05) is 0 Å². The van der Waals surface area contributed by atoms with Gasteiger partial charge in [0.15, 0.2) is 6.10 Å². The minimum atomic E-state index is -0.714. The predicted molar refractivity (Wildman–Crippen MR) is 91.4 cm³/mol. The molecule has 0 radical (unpaired) electrons. The smallest absolute Gasteiger partial charge is 0.265 e. The molecule has 0 saturated carbocycles. The van der Waals surface area contributed by atoms with Crippen molar-refractivity contribution in [3.8, 4) is 5.75 Å². The van der Waals surface area contributed by atoms with Crippen molar-refractivity contribution in [2.75, 3.05) is 5.32 Å². The zero-order valence-electron chi connectivity index (χ0n) is 12.0. The van der Waals surface area contributed by atoms with Crippen molar-refractivity contribution in [1.29, 1.82) is 0 Å². The summed E-state index contributed by atoms with van der Waals surface area (Å²) in [7, 11) is 0. The molecule has 2 rings (SSSR count). The maximum Gasteiger partial charge on any atom is 0.265 e. The molecular formula is C16H14Cl3NO2. The molecule has 0 aliphatic heterocycles. The first-order valence-corrected chi connectivity index (χ1v) is 7.69. The topological polar surface area (TPSA) is 38.3 Å². The SMILES string of the molecule is Cc1c(Cl)ccc(OC(C)C(=O)Nc2ccc(Cl)cc2)c1Cl. The number of hydrogen-bond donors (Lipinski definition) is 1. The van der Waals surface area contributed by atoms with Crippen molar-refractivity contribution in [3.05, 3.63) is 57.0 Å². The summed E-state index contributed by atoms with van der Waals surface area (Å²) in [5, 5.41) is 4.30. The highest BCUT2D eigenvalue weighted by Crippen LogP contribution is 2.33. The Kier molecular flexibility index (Phi) is 5.57. The minimum Gasteiger partial charge on any atom is -0.479 e. The second kappa shape index (κ2) is 7.23.